The molecule has 0 saturated carbocycles. The minimum absolute atomic E-state index is 0. The van der Waals surface area contributed by atoms with E-state index in [2.05, 4.69) is 48.1 Å². The van der Waals surface area contributed by atoms with Gasteiger partial charge in [-0.05, 0) is 13.8 Å². The third-order valence-electron chi connectivity index (χ3n) is 1.50. The SMILES string of the molecule is C=C(C)C.CCCC.CCCC.CCCC.[Sn]. The fraction of sp³-hybridized carbons (Fsp3) is 0.875. The van der Waals surface area contributed by atoms with Gasteiger partial charge in [-0.3, -0.25) is 0 Å². The van der Waals surface area contributed by atoms with E-state index in [0.29, 0.717) is 0 Å². The van der Waals surface area contributed by atoms with Crippen molar-refractivity contribution in [2.45, 2.75) is 93.9 Å². The van der Waals surface area contributed by atoms with Crippen LogP contribution in [0, 0.1) is 0 Å². The quantitative estimate of drug-likeness (QED) is 0.397. The fourth-order valence-corrected chi connectivity index (χ4v) is 0. The summed E-state index contributed by atoms with van der Waals surface area (Å²) in [6, 6.07) is 0. The van der Waals surface area contributed by atoms with Crippen molar-refractivity contribution in [3.63, 3.8) is 0 Å². The van der Waals surface area contributed by atoms with Crippen molar-refractivity contribution >= 4 is 23.9 Å². The van der Waals surface area contributed by atoms with Crippen LogP contribution >= 0.6 is 0 Å². The largest absolute Gasteiger partial charge is 0.100 e. The van der Waals surface area contributed by atoms with Gasteiger partial charge in [0.2, 0.25) is 0 Å². The molecule has 0 N–H and O–H groups in total. The summed E-state index contributed by atoms with van der Waals surface area (Å²) in [7, 11) is 0. The molecular weight excluding hydrogens is 311 g/mol. The molecule has 17 heavy (non-hydrogen) atoms. The zero-order valence-electron chi connectivity index (χ0n) is 13.9. The number of allylic oxidation sites excluding steroid dienone is 1. The molecule has 0 atom stereocenters. The van der Waals surface area contributed by atoms with Gasteiger partial charge in [-0.1, -0.05) is 85.6 Å². The Morgan fingerprint density at radius 1 is 0.588 bits per heavy atom. The van der Waals surface area contributed by atoms with Crippen LogP contribution in [0.15, 0.2) is 12.2 Å². The van der Waals surface area contributed by atoms with Gasteiger partial charge in [0.15, 0.2) is 0 Å². The van der Waals surface area contributed by atoms with Gasteiger partial charge in [-0.2, -0.15) is 0 Å². The molecule has 0 aromatic rings. The van der Waals surface area contributed by atoms with E-state index < -0.39 is 0 Å². The molecule has 0 aliphatic rings. The van der Waals surface area contributed by atoms with Crippen molar-refractivity contribution in [3.05, 3.63) is 12.2 Å². The molecule has 0 spiro atoms. The average Bonchev–Trinajstić information content (AvgIpc) is 2.28. The molecule has 0 nitrogen and oxygen atoms in total. The Bertz CT molecular complexity index is 68.0. The van der Waals surface area contributed by atoms with E-state index in [-0.39, 0.29) is 23.9 Å². The first kappa shape index (κ1) is 30.5. The number of hydrogen-bond acceptors (Lipinski definition) is 0. The predicted octanol–water partition coefficient (Wildman–Crippen LogP) is 6.62. The smallest absolute Gasteiger partial charge is 0 e. The van der Waals surface area contributed by atoms with Crippen molar-refractivity contribution < 1.29 is 0 Å². The van der Waals surface area contributed by atoms with Gasteiger partial charge in [0.05, 0.1) is 0 Å². The van der Waals surface area contributed by atoms with E-state index in [9.17, 15) is 0 Å². The molecule has 0 saturated heterocycles. The van der Waals surface area contributed by atoms with Crippen LogP contribution in [0.3, 0.4) is 0 Å². The summed E-state index contributed by atoms with van der Waals surface area (Å²) in [5.41, 5.74) is 1.17. The van der Waals surface area contributed by atoms with Gasteiger partial charge in [0.1, 0.15) is 0 Å². The average molecular weight is 349 g/mol. The van der Waals surface area contributed by atoms with Crippen LogP contribution in [-0.4, -0.2) is 23.9 Å². The molecule has 0 amide bonds. The first-order valence-electron chi connectivity index (χ1n) is 7.10. The first-order chi connectivity index (χ1) is 7.47. The maximum absolute atomic E-state index is 3.56. The molecule has 0 aromatic carbocycles. The van der Waals surface area contributed by atoms with Crippen molar-refractivity contribution in [1.82, 2.24) is 0 Å². The molecule has 4 radical (unpaired) electrons. The molecule has 0 rings (SSSR count). The molecule has 0 aliphatic heterocycles. The zero-order valence-corrected chi connectivity index (χ0v) is 16.8. The van der Waals surface area contributed by atoms with Crippen LogP contribution in [-0.2, 0) is 0 Å². The molecule has 1 heteroatoms. The van der Waals surface area contributed by atoms with Crippen LogP contribution in [0.1, 0.15) is 93.9 Å². The van der Waals surface area contributed by atoms with Crippen molar-refractivity contribution in [2.75, 3.05) is 0 Å². The standard InChI is InChI=1S/C4H8.3C4H10.Sn/c1-4(2)3;3*1-3-4-2;/h1H2,2-3H3;3*3-4H2,1-2H3;. The summed E-state index contributed by atoms with van der Waals surface area (Å²) in [6.45, 7) is 20.6. The predicted molar refractivity (Wildman–Crippen MR) is 88.0 cm³/mol. The number of rotatable bonds is 3. The zero-order chi connectivity index (χ0) is 13.8. The van der Waals surface area contributed by atoms with Crippen LogP contribution in [0.2, 0.25) is 0 Å². The number of hydrogen-bond donors (Lipinski definition) is 0. The van der Waals surface area contributed by atoms with Gasteiger partial charge in [-0.15, -0.1) is 6.58 Å². The van der Waals surface area contributed by atoms with E-state index in [1.165, 1.54) is 44.1 Å². The Labute approximate surface area is 130 Å². The second-order valence-corrected chi connectivity index (χ2v) is 4.21. The van der Waals surface area contributed by atoms with Crippen molar-refractivity contribution in [1.29, 1.82) is 0 Å². The van der Waals surface area contributed by atoms with E-state index in [1.807, 2.05) is 13.8 Å². The molecule has 0 heterocycles. The molecule has 106 valence electrons. The molecule has 0 bridgehead atoms. The van der Waals surface area contributed by atoms with Crippen molar-refractivity contribution in [3.8, 4) is 0 Å². The van der Waals surface area contributed by atoms with Gasteiger partial charge in [0.25, 0.3) is 0 Å². The molecule has 0 aliphatic carbocycles. The van der Waals surface area contributed by atoms with E-state index in [0.717, 1.165) is 0 Å². The Morgan fingerprint density at radius 3 is 0.647 bits per heavy atom. The second kappa shape index (κ2) is 43.9. The summed E-state index contributed by atoms with van der Waals surface area (Å²) in [4.78, 5) is 0. The van der Waals surface area contributed by atoms with E-state index in [4.69, 9.17) is 0 Å². The normalized spacial score (nSPS) is 6.82. The van der Waals surface area contributed by atoms with Gasteiger partial charge >= 0.3 is 0 Å². The summed E-state index contributed by atoms with van der Waals surface area (Å²) >= 11 is 0. The van der Waals surface area contributed by atoms with Crippen LogP contribution in [0.25, 0.3) is 0 Å². The van der Waals surface area contributed by atoms with Gasteiger partial charge in [0, 0.05) is 23.9 Å². The minimum atomic E-state index is 0. The minimum Gasteiger partial charge on any atom is -0.100 e. The van der Waals surface area contributed by atoms with Crippen LogP contribution in [0.4, 0.5) is 0 Å². The topological polar surface area (TPSA) is 0 Å². The molecular formula is C16H38Sn. The Morgan fingerprint density at radius 2 is 0.647 bits per heavy atom. The molecule has 0 fully saturated rings. The summed E-state index contributed by atoms with van der Waals surface area (Å²) in [5.74, 6) is 0. The van der Waals surface area contributed by atoms with E-state index in [1.54, 1.807) is 0 Å². The van der Waals surface area contributed by atoms with E-state index >= 15 is 0 Å². The maximum atomic E-state index is 3.56. The summed E-state index contributed by atoms with van der Waals surface area (Å²) in [6.07, 6.45) is 7.92. The Kier molecular flexibility index (Phi) is 78.8. The summed E-state index contributed by atoms with van der Waals surface area (Å²) < 4.78 is 0. The van der Waals surface area contributed by atoms with Crippen LogP contribution in [0.5, 0.6) is 0 Å². The van der Waals surface area contributed by atoms with Crippen molar-refractivity contribution in [2.24, 2.45) is 0 Å². The Hall–Kier alpha value is 0.539. The number of unbranched alkanes of at least 4 members (excludes halogenated alkanes) is 3. The van der Waals surface area contributed by atoms with Crippen LogP contribution < -0.4 is 0 Å². The van der Waals surface area contributed by atoms with Gasteiger partial charge in [-0.25, -0.2) is 0 Å². The molecule has 0 aromatic heterocycles. The third-order valence-corrected chi connectivity index (χ3v) is 1.50. The summed E-state index contributed by atoms with van der Waals surface area (Å²) in [5, 5.41) is 0. The third kappa shape index (κ3) is 279. The molecule has 0 unspecified atom stereocenters. The fourth-order valence-electron chi connectivity index (χ4n) is 0. The monoisotopic (exact) mass is 350 g/mol. The Balaban J connectivity index is -0.0000000369. The maximum Gasteiger partial charge on any atom is 0 e. The second-order valence-electron chi connectivity index (χ2n) is 4.21. The first-order valence-corrected chi connectivity index (χ1v) is 7.10. The van der Waals surface area contributed by atoms with Gasteiger partial charge < -0.3 is 0 Å².